The molecule has 0 aromatic heterocycles. The van der Waals surface area contributed by atoms with Gasteiger partial charge in [-0.3, -0.25) is 0 Å². The molecule has 0 spiro atoms. The Kier molecular flexibility index (Phi) is 4.74. The molecule has 0 aliphatic heterocycles. The molecule has 0 heterocycles. The zero-order chi connectivity index (χ0) is 9.68. The van der Waals surface area contributed by atoms with Crippen LogP contribution in [0.2, 0.25) is 0 Å². The molecule has 1 aliphatic carbocycles. The van der Waals surface area contributed by atoms with Crippen molar-refractivity contribution < 1.29 is 5.11 Å². The summed E-state index contributed by atoms with van der Waals surface area (Å²) in [4.78, 5) is 0. The molecule has 2 nitrogen and oxygen atoms in total. The molecule has 0 saturated heterocycles. The highest BCUT2D eigenvalue weighted by Crippen LogP contribution is 2.28. The molecule has 3 unspecified atom stereocenters. The molecule has 0 radical (unpaired) electrons. The van der Waals surface area contributed by atoms with Crippen LogP contribution in [0.1, 0.15) is 46.0 Å². The second-order valence-corrected chi connectivity index (χ2v) is 4.16. The fourth-order valence-electron chi connectivity index (χ4n) is 2.35. The SMILES string of the molecule is CCC(CO)NC1CCCC1CC. The van der Waals surface area contributed by atoms with Gasteiger partial charge in [-0.05, 0) is 25.2 Å². The summed E-state index contributed by atoms with van der Waals surface area (Å²) in [5.74, 6) is 0.848. The molecule has 1 aliphatic rings. The molecule has 1 saturated carbocycles. The summed E-state index contributed by atoms with van der Waals surface area (Å²) in [5.41, 5.74) is 0. The molecule has 2 N–H and O–H groups in total. The van der Waals surface area contributed by atoms with Crippen molar-refractivity contribution in [3.8, 4) is 0 Å². The standard InChI is InChI=1S/C11H23NO/c1-3-9-6-5-7-11(9)12-10(4-2)8-13/h9-13H,3-8H2,1-2H3. The maximum Gasteiger partial charge on any atom is 0.0584 e. The van der Waals surface area contributed by atoms with E-state index in [1.54, 1.807) is 0 Å². The largest absolute Gasteiger partial charge is 0.395 e. The molecule has 0 aromatic rings. The van der Waals surface area contributed by atoms with Crippen molar-refractivity contribution >= 4 is 0 Å². The highest BCUT2D eigenvalue weighted by Gasteiger charge is 2.26. The number of nitrogens with one attached hydrogen (secondary N) is 1. The molecule has 0 bridgehead atoms. The van der Waals surface area contributed by atoms with Gasteiger partial charge in [-0.15, -0.1) is 0 Å². The van der Waals surface area contributed by atoms with E-state index in [1.165, 1.54) is 25.7 Å². The van der Waals surface area contributed by atoms with Crippen LogP contribution in [0.25, 0.3) is 0 Å². The summed E-state index contributed by atoms with van der Waals surface area (Å²) >= 11 is 0. The molecular formula is C11H23NO. The third-order valence-corrected chi connectivity index (χ3v) is 3.35. The van der Waals surface area contributed by atoms with Crippen LogP contribution in [-0.4, -0.2) is 23.8 Å². The molecule has 3 atom stereocenters. The zero-order valence-electron chi connectivity index (χ0n) is 8.92. The van der Waals surface area contributed by atoms with Gasteiger partial charge in [-0.2, -0.15) is 0 Å². The van der Waals surface area contributed by atoms with E-state index in [0.29, 0.717) is 12.1 Å². The molecule has 2 heteroatoms. The minimum Gasteiger partial charge on any atom is -0.395 e. The van der Waals surface area contributed by atoms with E-state index in [4.69, 9.17) is 5.11 Å². The van der Waals surface area contributed by atoms with Gasteiger partial charge in [0.1, 0.15) is 0 Å². The first-order valence-corrected chi connectivity index (χ1v) is 5.68. The number of aliphatic hydroxyl groups excluding tert-OH is 1. The number of hydrogen-bond acceptors (Lipinski definition) is 2. The molecule has 78 valence electrons. The second kappa shape index (κ2) is 5.61. The maximum absolute atomic E-state index is 9.08. The van der Waals surface area contributed by atoms with Crippen molar-refractivity contribution in [2.75, 3.05) is 6.61 Å². The summed E-state index contributed by atoms with van der Waals surface area (Å²) < 4.78 is 0. The number of aliphatic hydroxyl groups is 1. The van der Waals surface area contributed by atoms with E-state index in [9.17, 15) is 0 Å². The van der Waals surface area contributed by atoms with Gasteiger partial charge in [0, 0.05) is 12.1 Å². The smallest absolute Gasteiger partial charge is 0.0584 e. The first kappa shape index (κ1) is 11.0. The van der Waals surface area contributed by atoms with Crippen LogP contribution in [-0.2, 0) is 0 Å². The van der Waals surface area contributed by atoms with Gasteiger partial charge in [-0.25, -0.2) is 0 Å². The fourth-order valence-corrected chi connectivity index (χ4v) is 2.35. The van der Waals surface area contributed by atoms with Gasteiger partial charge in [0.25, 0.3) is 0 Å². The summed E-state index contributed by atoms with van der Waals surface area (Å²) in [6, 6.07) is 0.985. The predicted octanol–water partition coefficient (Wildman–Crippen LogP) is 1.93. The lowest BCUT2D eigenvalue weighted by Crippen LogP contribution is -2.41. The molecule has 0 amide bonds. The first-order valence-electron chi connectivity index (χ1n) is 5.68. The summed E-state index contributed by atoms with van der Waals surface area (Å²) in [6.45, 7) is 4.68. The van der Waals surface area contributed by atoms with E-state index >= 15 is 0 Å². The van der Waals surface area contributed by atoms with Crippen LogP contribution in [0.3, 0.4) is 0 Å². The normalized spacial score (nSPS) is 30.7. The van der Waals surface area contributed by atoms with Crippen molar-refractivity contribution in [3.05, 3.63) is 0 Å². The Hall–Kier alpha value is -0.0800. The average molecular weight is 185 g/mol. The van der Waals surface area contributed by atoms with Crippen LogP contribution >= 0.6 is 0 Å². The van der Waals surface area contributed by atoms with Gasteiger partial charge in [0.05, 0.1) is 6.61 Å². The third kappa shape index (κ3) is 2.96. The fraction of sp³-hybridized carbons (Fsp3) is 1.00. The topological polar surface area (TPSA) is 32.3 Å². The van der Waals surface area contributed by atoms with E-state index in [1.807, 2.05) is 0 Å². The summed E-state index contributed by atoms with van der Waals surface area (Å²) in [6.07, 6.45) is 6.34. The van der Waals surface area contributed by atoms with Crippen LogP contribution < -0.4 is 5.32 Å². The summed E-state index contributed by atoms with van der Waals surface area (Å²) in [7, 11) is 0. The van der Waals surface area contributed by atoms with Gasteiger partial charge >= 0.3 is 0 Å². The zero-order valence-corrected chi connectivity index (χ0v) is 8.92. The first-order chi connectivity index (χ1) is 6.31. The van der Waals surface area contributed by atoms with Crippen molar-refractivity contribution in [1.29, 1.82) is 0 Å². The van der Waals surface area contributed by atoms with E-state index < -0.39 is 0 Å². The van der Waals surface area contributed by atoms with E-state index in [2.05, 4.69) is 19.2 Å². The van der Waals surface area contributed by atoms with Crippen LogP contribution in [0.4, 0.5) is 0 Å². The lowest BCUT2D eigenvalue weighted by atomic mass is 9.99. The molecule has 0 aromatic carbocycles. The van der Waals surface area contributed by atoms with E-state index in [-0.39, 0.29) is 6.61 Å². The monoisotopic (exact) mass is 185 g/mol. The van der Waals surface area contributed by atoms with Gasteiger partial charge in [-0.1, -0.05) is 26.7 Å². The van der Waals surface area contributed by atoms with Crippen molar-refractivity contribution in [3.63, 3.8) is 0 Å². The predicted molar refractivity (Wildman–Crippen MR) is 55.7 cm³/mol. The second-order valence-electron chi connectivity index (χ2n) is 4.16. The molecule has 1 fully saturated rings. The Bertz CT molecular complexity index is 134. The molecular weight excluding hydrogens is 162 g/mol. The van der Waals surface area contributed by atoms with Gasteiger partial charge in [0.15, 0.2) is 0 Å². The van der Waals surface area contributed by atoms with Crippen LogP contribution in [0.5, 0.6) is 0 Å². The van der Waals surface area contributed by atoms with Gasteiger partial charge < -0.3 is 10.4 Å². The summed E-state index contributed by atoms with van der Waals surface area (Å²) in [5, 5.41) is 12.6. The Morgan fingerprint density at radius 2 is 2.15 bits per heavy atom. The quantitative estimate of drug-likeness (QED) is 0.686. The number of hydrogen-bond donors (Lipinski definition) is 2. The number of rotatable bonds is 5. The van der Waals surface area contributed by atoms with Crippen molar-refractivity contribution in [2.24, 2.45) is 5.92 Å². The Labute approximate surface area is 81.7 Å². The molecule has 1 rings (SSSR count). The Morgan fingerprint density at radius 1 is 1.38 bits per heavy atom. The van der Waals surface area contributed by atoms with Crippen LogP contribution in [0.15, 0.2) is 0 Å². The highest BCUT2D eigenvalue weighted by atomic mass is 16.3. The van der Waals surface area contributed by atoms with Gasteiger partial charge in [0.2, 0.25) is 0 Å². The highest BCUT2D eigenvalue weighted by molar-refractivity contribution is 4.84. The average Bonchev–Trinajstić information content (AvgIpc) is 2.61. The van der Waals surface area contributed by atoms with E-state index in [0.717, 1.165) is 12.3 Å². The van der Waals surface area contributed by atoms with Crippen molar-refractivity contribution in [1.82, 2.24) is 5.32 Å². The third-order valence-electron chi connectivity index (χ3n) is 3.35. The van der Waals surface area contributed by atoms with Crippen molar-refractivity contribution in [2.45, 2.75) is 58.0 Å². The lowest BCUT2D eigenvalue weighted by molar-refractivity contribution is 0.216. The molecule has 13 heavy (non-hydrogen) atoms. The Balaban J connectivity index is 2.33. The lowest BCUT2D eigenvalue weighted by Gasteiger charge is -2.24. The minimum absolute atomic E-state index is 0.281. The minimum atomic E-state index is 0.281. The maximum atomic E-state index is 9.08. The Morgan fingerprint density at radius 3 is 2.69 bits per heavy atom. The van der Waals surface area contributed by atoms with Crippen LogP contribution in [0, 0.1) is 5.92 Å².